The van der Waals surface area contributed by atoms with Gasteiger partial charge in [-0.25, -0.2) is 13.4 Å². The number of aromatic amines is 1. The van der Waals surface area contributed by atoms with Crippen LogP contribution in [0.4, 0.5) is 13.2 Å². The van der Waals surface area contributed by atoms with Gasteiger partial charge in [-0.05, 0) is 60.4 Å². The van der Waals surface area contributed by atoms with Gasteiger partial charge in [0.25, 0.3) is 5.91 Å². The summed E-state index contributed by atoms with van der Waals surface area (Å²) in [6.45, 7) is 3.44. The molecule has 2 heterocycles. The van der Waals surface area contributed by atoms with E-state index in [1.54, 1.807) is 44.3 Å². The molecule has 11 heteroatoms. The fourth-order valence-electron chi connectivity index (χ4n) is 4.20. The predicted molar refractivity (Wildman–Crippen MR) is 135 cm³/mol. The van der Waals surface area contributed by atoms with Crippen LogP contribution in [0.2, 0.25) is 0 Å². The number of amides is 1. The van der Waals surface area contributed by atoms with Crippen molar-refractivity contribution in [2.75, 3.05) is 25.5 Å². The third kappa shape index (κ3) is 5.62. The average molecular weight is 534 g/mol. The molecule has 2 aromatic heterocycles. The maximum absolute atomic E-state index is 13.1. The second kappa shape index (κ2) is 10.1. The van der Waals surface area contributed by atoms with Crippen LogP contribution < -0.4 is 5.32 Å². The third-order valence-corrected chi connectivity index (χ3v) is 7.78. The molecule has 0 saturated carbocycles. The van der Waals surface area contributed by atoms with Crippen molar-refractivity contribution >= 4 is 37.7 Å². The van der Waals surface area contributed by atoms with Crippen LogP contribution in [0.1, 0.15) is 28.4 Å². The number of sulfone groups is 1. The Morgan fingerprint density at radius 1 is 1.16 bits per heavy atom. The standard InChI is InChI=1S/C26H26F3N3O4S/c1-4-37(34,35)18-7-5-6-17(11-18)20-12-19(25(33)30-8-9-36-14-26(27,28)29)16(3)23-22(20)21-10-15(2)13-31-24(21)32-23/h5-7,10-13H,4,8-9,14H2,1-3H3,(H,30,33)(H,31,32). The lowest BCUT2D eigenvalue weighted by Crippen LogP contribution is -2.29. The number of H-pyrrole nitrogens is 1. The Labute approximate surface area is 212 Å². The number of hydrogen-bond donors (Lipinski definition) is 2. The maximum atomic E-state index is 13.1. The van der Waals surface area contributed by atoms with Gasteiger partial charge in [-0.2, -0.15) is 13.2 Å². The van der Waals surface area contributed by atoms with Crippen LogP contribution >= 0.6 is 0 Å². The number of halogens is 3. The number of fused-ring (bicyclic) bond motifs is 3. The van der Waals surface area contributed by atoms with Crippen molar-refractivity contribution < 1.29 is 31.1 Å². The van der Waals surface area contributed by atoms with Crippen LogP contribution in [0.25, 0.3) is 33.1 Å². The Bertz CT molecular complexity index is 1590. The van der Waals surface area contributed by atoms with E-state index in [-0.39, 0.29) is 23.8 Å². The van der Waals surface area contributed by atoms with Gasteiger partial charge in [0.1, 0.15) is 12.3 Å². The molecule has 1 amide bonds. The summed E-state index contributed by atoms with van der Waals surface area (Å²) in [5, 5.41) is 4.22. The number of pyridine rings is 1. The smallest absolute Gasteiger partial charge is 0.370 e. The quantitative estimate of drug-likeness (QED) is 0.307. The zero-order valence-corrected chi connectivity index (χ0v) is 21.3. The highest BCUT2D eigenvalue weighted by Gasteiger charge is 2.27. The lowest BCUT2D eigenvalue weighted by molar-refractivity contribution is -0.173. The molecule has 0 fully saturated rings. The molecule has 0 radical (unpaired) electrons. The van der Waals surface area contributed by atoms with Crippen LogP contribution in [-0.2, 0) is 14.6 Å². The molecule has 4 rings (SSSR count). The van der Waals surface area contributed by atoms with E-state index in [0.717, 1.165) is 16.3 Å². The summed E-state index contributed by atoms with van der Waals surface area (Å²) in [5.74, 6) is -0.545. The Balaban J connectivity index is 1.82. The Morgan fingerprint density at radius 3 is 2.62 bits per heavy atom. The van der Waals surface area contributed by atoms with Gasteiger partial charge in [0, 0.05) is 29.1 Å². The van der Waals surface area contributed by atoms with E-state index in [9.17, 15) is 26.4 Å². The molecule has 0 aliphatic heterocycles. The van der Waals surface area contributed by atoms with Gasteiger partial charge in [0.15, 0.2) is 9.84 Å². The lowest BCUT2D eigenvalue weighted by atomic mass is 9.93. The molecule has 37 heavy (non-hydrogen) atoms. The number of ether oxygens (including phenoxy) is 1. The van der Waals surface area contributed by atoms with Gasteiger partial charge < -0.3 is 15.0 Å². The number of hydrogen-bond acceptors (Lipinski definition) is 5. The van der Waals surface area contributed by atoms with E-state index in [1.165, 1.54) is 6.07 Å². The molecule has 0 bridgehead atoms. The van der Waals surface area contributed by atoms with Crippen LogP contribution in [-0.4, -0.2) is 56.0 Å². The van der Waals surface area contributed by atoms with E-state index in [1.807, 2.05) is 13.0 Å². The predicted octanol–water partition coefficient (Wildman–Crippen LogP) is 5.10. The number of alkyl halides is 3. The molecule has 0 saturated heterocycles. The fourth-order valence-corrected chi connectivity index (χ4v) is 5.13. The summed E-state index contributed by atoms with van der Waals surface area (Å²) in [5.41, 5.74) is 4.36. The number of carbonyl (C=O) groups excluding carboxylic acids is 1. The van der Waals surface area contributed by atoms with Crippen LogP contribution in [0.15, 0.2) is 47.5 Å². The first kappa shape index (κ1) is 26.6. The fraction of sp³-hybridized carbons (Fsp3) is 0.308. The summed E-state index contributed by atoms with van der Waals surface area (Å²) in [6, 6.07) is 10.2. The van der Waals surface area contributed by atoms with Gasteiger partial charge in [0.05, 0.1) is 22.8 Å². The monoisotopic (exact) mass is 533 g/mol. The van der Waals surface area contributed by atoms with E-state index >= 15 is 0 Å². The molecule has 0 unspecified atom stereocenters. The van der Waals surface area contributed by atoms with Crippen molar-refractivity contribution in [2.24, 2.45) is 0 Å². The highest BCUT2D eigenvalue weighted by Crippen LogP contribution is 2.38. The second-order valence-corrected chi connectivity index (χ2v) is 11.0. The zero-order chi connectivity index (χ0) is 27.0. The first-order valence-corrected chi connectivity index (χ1v) is 13.2. The summed E-state index contributed by atoms with van der Waals surface area (Å²) in [6.07, 6.45) is -2.72. The lowest BCUT2D eigenvalue weighted by Gasteiger charge is -2.14. The highest BCUT2D eigenvalue weighted by atomic mass is 32.2. The molecule has 7 nitrogen and oxygen atoms in total. The minimum absolute atomic E-state index is 0.0555. The molecule has 196 valence electrons. The van der Waals surface area contributed by atoms with E-state index < -0.39 is 28.5 Å². The Hall–Kier alpha value is -3.44. The molecular weight excluding hydrogens is 507 g/mol. The van der Waals surface area contributed by atoms with Crippen LogP contribution in [0, 0.1) is 13.8 Å². The summed E-state index contributed by atoms with van der Waals surface area (Å²) in [7, 11) is -3.47. The summed E-state index contributed by atoms with van der Waals surface area (Å²) in [4.78, 5) is 21.0. The van der Waals surface area contributed by atoms with Crippen molar-refractivity contribution in [2.45, 2.75) is 31.8 Å². The number of rotatable bonds is 8. The number of nitrogens with zero attached hydrogens (tertiary/aromatic N) is 1. The van der Waals surface area contributed by atoms with Crippen LogP contribution in [0.5, 0.6) is 0 Å². The molecule has 0 aliphatic carbocycles. The van der Waals surface area contributed by atoms with E-state index in [4.69, 9.17) is 0 Å². The van der Waals surface area contributed by atoms with E-state index in [0.29, 0.717) is 33.4 Å². The molecule has 0 atom stereocenters. The average Bonchev–Trinajstić information content (AvgIpc) is 3.22. The van der Waals surface area contributed by atoms with Gasteiger partial charge in [-0.15, -0.1) is 0 Å². The molecule has 0 spiro atoms. The number of nitrogens with one attached hydrogen (secondary N) is 2. The maximum Gasteiger partial charge on any atom is 0.411 e. The molecule has 0 aliphatic rings. The van der Waals surface area contributed by atoms with Crippen LogP contribution in [0.3, 0.4) is 0 Å². The summed E-state index contributed by atoms with van der Waals surface area (Å²) >= 11 is 0. The molecule has 2 N–H and O–H groups in total. The van der Waals surface area contributed by atoms with Crippen molar-refractivity contribution in [3.63, 3.8) is 0 Å². The highest BCUT2D eigenvalue weighted by molar-refractivity contribution is 7.91. The molecular formula is C26H26F3N3O4S. The van der Waals surface area contributed by atoms with E-state index in [2.05, 4.69) is 20.0 Å². The minimum Gasteiger partial charge on any atom is -0.370 e. The number of aryl methyl sites for hydroxylation is 2. The van der Waals surface area contributed by atoms with Gasteiger partial charge in [-0.1, -0.05) is 19.1 Å². The van der Waals surface area contributed by atoms with Gasteiger partial charge in [0.2, 0.25) is 0 Å². The molecule has 2 aromatic carbocycles. The first-order valence-electron chi connectivity index (χ1n) is 11.6. The second-order valence-electron chi connectivity index (χ2n) is 8.74. The third-order valence-electron chi connectivity index (χ3n) is 6.05. The number of carbonyl (C=O) groups is 1. The largest absolute Gasteiger partial charge is 0.411 e. The minimum atomic E-state index is -4.44. The number of benzene rings is 2. The van der Waals surface area contributed by atoms with Crippen molar-refractivity contribution in [3.8, 4) is 11.1 Å². The SMILES string of the molecule is CCS(=O)(=O)c1cccc(-c2cc(C(=O)NCCOCC(F)(F)F)c(C)c3[nH]c4ncc(C)cc4c23)c1. The Morgan fingerprint density at radius 2 is 1.92 bits per heavy atom. The molecule has 4 aromatic rings. The van der Waals surface area contributed by atoms with Crippen molar-refractivity contribution in [1.29, 1.82) is 0 Å². The van der Waals surface area contributed by atoms with Gasteiger partial charge in [-0.3, -0.25) is 4.79 Å². The van der Waals surface area contributed by atoms with Gasteiger partial charge >= 0.3 is 6.18 Å². The topological polar surface area (TPSA) is 101 Å². The zero-order valence-electron chi connectivity index (χ0n) is 20.5. The Kier molecular flexibility index (Phi) is 7.29. The first-order chi connectivity index (χ1) is 17.4. The normalized spacial score (nSPS) is 12.4. The van der Waals surface area contributed by atoms with Crippen molar-refractivity contribution in [1.82, 2.24) is 15.3 Å². The van der Waals surface area contributed by atoms with Crippen molar-refractivity contribution in [3.05, 3.63) is 59.3 Å². The summed E-state index contributed by atoms with van der Waals surface area (Å²) < 4.78 is 66.6. The number of aromatic nitrogens is 2.